The fourth-order valence-corrected chi connectivity index (χ4v) is 4.48. The van der Waals surface area contributed by atoms with E-state index >= 15 is 0 Å². The van der Waals surface area contributed by atoms with Crippen molar-refractivity contribution in [3.05, 3.63) is 63.1 Å². The van der Waals surface area contributed by atoms with Crippen LogP contribution in [-0.2, 0) is 7.05 Å². The van der Waals surface area contributed by atoms with Crippen molar-refractivity contribution < 1.29 is 4.39 Å². The van der Waals surface area contributed by atoms with Crippen LogP contribution in [0.3, 0.4) is 0 Å². The molecule has 0 N–H and O–H groups in total. The van der Waals surface area contributed by atoms with E-state index in [4.69, 9.17) is 11.6 Å². The van der Waals surface area contributed by atoms with Crippen LogP contribution < -0.4 is 0 Å². The molecule has 0 saturated heterocycles. The zero-order valence-electron chi connectivity index (χ0n) is 14.5. The van der Waals surface area contributed by atoms with Gasteiger partial charge in [-0.3, -0.25) is 0 Å². The monoisotopic (exact) mass is 385 g/mol. The van der Waals surface area contributed by atoms with Crippen molar-refractivity contribution in [3.63, 3.8) is 0 Å². The molecule has 0 spiro atoms. The second-order valence-electron chi connectivity index (χ2n) is 6.22. The van der Waals surface area contributed by atoms with Gasteiger partial charge in [0.25, 0.3) is 0 Å². The Morgan fingerprint density at radius 1 is 1.27 bits per heavy atom. The smallest absolute Gasteiger partial charge is 0.186 e. The van der Waals surface area contributed by atoms with Crippen LogP contribution >= 0.6 is 22.9 Å². The highest BCUT2D eigenvalue weighted by atomic mass is 35.5. The largest absolute Gasteiger partial charge is 0.248 e. The Morgan fingerprint density at radius 2 is 2.12 bits per heavy atom. The van der Waals surface area contributed by atoms with Gasteiger partial charge in [-0.2, -0.15) is 5.10 Å². The number of halogens is 2. The number of aromatic nitrogens is 3. The van der Waals surface area contributed by atoms with Crippen LogP contribution in [-0.4, -0.2) is 14.8 Å². The van der Waals surface area contributed by atoms with E-state index < -0.39 is 5.82 Å². The molecule has 1 aliphatic rings. The van der Waals surface area contributed by atoms with Crippen LogP contribution in [0.4, 0.5) is 4.39 Å². The van der Waals surface area contributed by atoms with Gasteiger partial charge in [-0.1, -0.05) is 35.9 Å². The molecule has 1 aromatic carbocycles. The molecular formula is C20H17ClFN3S. The van der Waals surface area contributed by atoms with Crippen LogP contribution in [0.1, 0.15) is 23.3 Å². The highest BCUT2D eigenvalue weighted by molar-refractivity contribution is 7.11. The summed E-state index contributed by atoms with van der Waals surface area (Å²) in [5.74, 6) is 0.587. The van der Waals surface area contributed by atoms with Gasteiger partial charge in [0.2, 0.25) is 0 Å². The van der Waals surface area contributed by atoms with Crippen molar-refractivity contribution >= 4 is 28.5 Å². The van der Waals surface area contributed by atoms with E-state index in [1.54, 1.807) is 28.2 Å². The fourth-order valence-electron chi connectivity index (χ4n) is 3.14. The number of allylic oxidation sites excluding steroid dienone is 4. The summed E-state index contributed by atoms with van der Waals surface area (Å²) in [6.45, 7) is 2.09. The number of rotatable bonds is 3. The van der Waals surface area contributed by atoms with E-state index in [2.05, 4.69) is 40.6 Å². The van der Waals surface area contributed by atoms with Crippen LogP contribution in [0.15, 0.2) is 41.8 Å². The predicted molar refractivity (Wildman–Crippen MR) is 106 cm³/mol. The molecule has 3 nitrogen and oxygen atoms in total. The third-order valence-electron chi connectivity index (χ3n) is 4.49. The first-order chi connectivity index (χ1) is 12.6. The van der Waals surface area contributed by atoms with E-state index in [1.807, 2.05) is 7.05 Å². The first-order valence-corrected chi connectivity index (χ1v) is 9.63. The first-order valence-electron chi connectivity index (χ1n) is 8.37. The second kappa shape index (κ2) is 6.82. The number of hydrogen-bond acceptors (Lipinski definition) is 3. The van der Waals surface area contributed by atoms with Crippen LogP contribution in [0, 0.1) is 12.7 Å². The Labute approximate surface area is 160 Å². The molecule has 2 heterocycles. The van der Waals surface area contributed by atoms with Gasteiger partial charge in [-0.25, -0.2) is 14.1 Å². The lowest BCUT2D eigenvalue weighted by molar-refractivity contribution is 0.629. The molecule has 0 fully saturated rings. The van der Waals surface area contributed by atoms with Gasteiger partial charge in [0.1, 0.15) is 5.82 Å². The second-order valence-corrected chi connectivity index (χ2v) is 7.51. The molecule has 0 radical (unpaired) electrons. The summed E-state index contributed by atoms with van der Waals surface area (Å²) in [6, 6.07) is 4.59. The van der Waals surface area contributed by atoms with Gasteiger partial charge in [0.05, 0.1) is 10.6 Å². The minimum Gasteiger partial charge on any atom is -0.248 e. The Balaban J connectivity index is 1.79. The Kier molecular flexibility index (Phi) is 4.51. The van der Waals surface area contributed by atoms with Crippen LogP contribution in [0.5, 0.6) is 0 Å². The number of aryl methyl sites for hydroxylation is 1. The lowest BCUT2D eigenvalue weighted by atomic mass is 10.0. The number of hydrogen-bond donors (Lipinski definition) is 0. The van der Waals surface area contributed by atoms with E-state index in [0.717, 1.165) is 24.0 Å². The van der Waals surface area contributed by atoms with Crippen molar-refractivity contribution in [1.29, 1.82) is 0 Å². The quantitative estimate of drug-likeness (QED) is 0.549. The maximum Gasteiger partial charge on any atom is 0.186 e. The van der Waals surface area contributed by atoms with Crippen molar-refractivity contribution in [1.82, 2.24) is 14.8 Å². The molecule has 132 valence electrons. The van der Waals surface area contributed by atoms with Gasteiger partial charge in [-0.15, -0.1) is 11.3 Å². The van der Waals surface area contributed by atoms with Crippen molar-refractivity contribution in [3.8, 4) is 22.8 Å². The summed E-state index contributed by atoms with van der Waals surface area (Å²) in [5, 5.41) is 6.79. The molecule has 0 unspecified atom stereocenters. The topological polar surface area (TPSA) is 30.7 Å². The number of nitrogens with zero attached hydrogens (tertiary/aromatic N) is 3. The van der Waals surface area contributed by atoms with Crippen LogP contribution in [0.25, 0.3) is 28.3 Å². The molecule has 0 amide bonds. The zero-order chi connectivity index (χ0) is 18.3. The van der Waals surface area contributed by atoms with Crippen molar-refractivity contribution in [2.24, 2.45) is 7.05 Å². The molecule has 6 heteroatoms. The maximum absolute atomic E-state index is 14.2. The molecule has 0 aliphatic heterocycles. The minimum absolute atomic E-state index is 0.238. The summed E-state index contributed by atoms with van der Waals surface area (Å²) in [5.41, 5.74) is 3.67. The normalized spacial score (nSPS) is 13.9. The summed E-state index contributed by atoms with van der Waals surface area (Å²) in [4.78, 5) is 5.83. The van der Waals surface area contributed by atoms with Gasteiger partial charge >= 0.3 is 0 Å². The SMILES string of the molecule is Cc1c(-c2nc(-c3c(F)cccc3Cl)nn2C)csc1C1=CCCC=C1. The van der Waals surface area contributed by atoms with E-state index in [0.29, 0.717) is 16.7 Å². The fraction of sp³-hybridized carbons (Fsp3) is 0.200. The molecule has 0 saturated carbocycles. The molecule has 26 heavy (non-hydrogen) atoms. The van der Waals surface area contributed by atoms with Gasteiger partial charge in [0.15, 0.2) is 11.6 Å². The van der Waals surface area contributed by atoms with E-state index in [9.17, 15) is 4.39 Å². The lowest BCUT2D eigenvalue weighted by Crippen LogP contribution is -1.95. The van der Waals surface area contributed by atoms with Crippen molar-refractivity contribution in [2.45, 2.75) is 19.8 Å². The third-order valence-corrected chi connectivity index (χ3v) is 5.93. The Bertz CT molecular complexity index is 1030. The van der Waals surface area contributed by atoms with Gasteiger partial charge in [-0.05, 0) is 43.0 Å². The highest BCUT2D eigenvalue weighted by Crippen LogP contribution is 2.37. The number of benzene rings is 1. The molecule has 0 bridgehead atoms. The highest BCUT2D eigenvalue weighted by Gasteiger charge is 2.20. The number of thiophene rings is 1. The summed E-state index contributed by atoms with van der Waals surface area (Å²) in [6.07, 6.45) is 8.81. The molecule has 1 aliphatic carbocycles. The maximum atomic E-state index is 14.2. The van der Waals surface area contributed by atoms with E-state index in [1.165, 1.54) is 16.5 Å². The summed E-state index contributed by atoms with van der Waals surface area (Å²) < 4.78 is 15.9. The minimum atomic E-state index is -0.421. The Morgan fingerprint density at radius 3 is 2.85 bits per heavy atom. The first kappa shape index (κ1) is 17.2. The molecule has 4 rings (SSSR count). The van der Waals surface area contributed by atoms with E-state index in [-0.39, 0.29) is 5.56 Å². The van der Waals surface area contributed by atoms with Gasteiger partial charge in [0, 0.05) is 22.9 Å². The Hall–Kier alpha value is -2.24. The molecule has 3 aromatic rings. The van der Waals surface area contributed by atoms with Crippen molar-refractivity contribution in [2.75, 3.05) is 0 Å². The van der Waals surface area contributed by atoms with Crippen LogP contribution in [0.2, 0.25) is 5.02 Å². The molecule has 0 atom stereocenters. The average molecular weight is 386 g/mol. The predicted octanol–water partition coefficient (Wildman–Crippen LogP) is 6.04. The zero-order valence-corrected chi connectivity index (χ0v) is 16.0. The van der Waals surface area contributed by atoms with Gasteiger partial charge < -0.3 is 0 Å². The summed E-state index contributed by atoms with van der Waals surface area (Å²) >= 11 is 7.86. The average Bonchev–Trinajstić information content (AvgIpc) is 3.18. The third kappa shape index (κ3) is 2.91. The molecular weight excluding hydrogens is 369 g/mol. The lowest BCUT2D eigenvalue weighted by Gasteiger charge is -2.06. The molecule has 2 aromatic heterocycles. The standard InChI is InChI=1S/C20H17ClFN3S/c1-12-14(11-26-18(12)13-7-4-3-5-8-13)20-23-19(24-25(20)2)17-15(21)9-6-10-16(17)22/h4,6-11H,3,5H2,1-2H3. The summed E-state index contributed by atoms with van der Waals surface area (Å²) in [7, 11) is 1.82.